The molecule has 0 fully saturated rings. The molecule has 3 aromatic rings. The van der Waals surface area contributed by atoms with E-state index in [4.69, 9.17) is 10.5 Å². The van der Waals surface area contributed by atoms with Crippen molar-refractivity contribution in [1.29, 1.82) is 0 Å². The molecule has 0 spiro atoms. The van der Waals surface area contributed by atoms with Crippen LogP contribution in [-0.4, -0.2) is 19.2 Å². The van der Waals surface area contributed by atoms with Gasteiger partial charge in [-0.3, -0.25) is 0 Å². The zero-order valence-corrected chi connectivity index (χ0v) is 17.9. The number of carbonyl (C=O) groups is 1. The second-order valence-electron chi connectivity index (χ2n) is 7.72. The molecule has 0 saturated heterocycles. The number of nitrogens with one attached hydrogen (secondary N) is 1. The van der Waals surface area contributed by atoms with E-state index in [-0.39, 0.29) is 25.5 Å². The van der Waals surface area contributed by atoms with E-state index in [1.807, 2.05) is 48.5 Å². The van der Waals surface area contributed by atoms with Gasteiger partial charge in [0.25, 0.3) is 0 Å². The maximum atomic E-state index is 13.6. The van der Waals surface area contributed by atoms with Crippen LogP contribution in [0.5, 0.6) is 0 Å². The lowest BCUT2D eigenvalue weighted by molar-refractivity contribution is -0.137. The summed E-state index contributed by atoms with van der Waals surface area (Å²) in [6, 6.07) is 17.1. The van der Waals surface area contributed by atoms with Gasteiger partial charge in [-0.2, -0.15) is 13.2 Å². The molecule has 0 saturated carbocycles. The molecular formula is C26H20F4N2O2. The summed E-state index contributed by atoms with van der Waals surface area (Å²) in [5, 5.41) is 2.53. The Hall–Kier alpha value is -3.99. The Morgan fingerprint density at radius 1 is 1.03 bits per heavy atom. The zero-order chi connectivity index (χ0) is 24.3. The van der Waals surface area contributed by atoms with Gasteiger partial charge in [0.05, 0.1) is 11.3 Å². The van der Waals surface area contributed by atoms with Gasteiger partial charge in [0, 0.05) is 24.4 Å². The van der Waals surface area contributed by atoms with Gasteiger partial charge in [-0.05, 0) is 34.4 Å². The smallest absolute Gasteiger partial charge is 0.417 e. The summed E-state index contributed by atoms with van der Waals surface area (Å²) in [6.45, 7) is 0.202. The van der Waals surface area contributed by atoms with E-state index in [9.17, 15) is 22.4 Å². The maximum absolute atomic E-state index is 13.6. The molecule has 4 nitrogen and oxygen atoms in total. The number of amides is 1. The van der Waals surface area contributed by atoms with Crippen molar-refractivity contribution < 1.29 is 27.1 Å². The number of nitrogens with two attached hydrogens (primary N) is 1. The molecule has 3 aromatic carbocycles. The van der Waals surface area contributed by atoms with E-state index in [1.165, 1.54) is 0 Å². The molecule has 0 aliphatic heterocycles. The van der Waals surface area contributed by atoms with Crippen molar-refractivity contribution in [2.75, 3.05) is 18.9 Å². The number of anilines is 1. The van der Waals surface area contributed by atoms with Gasteiger partial charge in [0.2, 0.25) is 0 Å². The first kappa shape index (κ1) is 23.2. The first-order chi connectivity index (χ1) is 16.3. The molecule has 0 unspecified atom stereocenters. The standard InChI is InChI=1S/C26H20F4N2O2/c27-23-13-16(22(14-24(23)31)26(28,29)30)7-5-6-12-32-25(33)34-15-21-19-10-3-1-8-17(19)18-9-2-4-11-20(18)21/h1-4,8-11,13-14,21H,6,12,15,31H2,(H,32,33). The highest BCUT2D eigenvalue weighted by atomic mass is 19.4. The number of rotatable bonds is 4. The van der Waals surface area contributed by atoms with Crippen LogP contribution in [0.15, 0.2) is 60.7 Å². The largest absolute Gasteiger partial charge is 0.449 e. The Bertz CT molecular complexity index is 1250. The first-order valence-electron chi connectivity index (χ1n) is 10.5. The summed E-state index contributed by atoms with van der Waals surface area (Å²) in [4.78, 5) is 12.1. The number of alkyl halides is 3. The summed E-state index contributed by atoms with van der Waals surface area (Å²) in [7, 11) is 0. The lowest BCUT2D eigenvalue weighted by atomic mass is 9.98. The van der Waals surface area contributed by atoms with Gasteiger partial charge in [0.15, 0.2) is 0 Å². The van der Waals surface area contributed by atoms with Gasteiger partial charge in [-0.15, -0.1) is 0 Å². The second-order valence-corrected chi connectivity index (χ2v) is 7.72. The Morgan fingerprint density at radius 3 is 2.26 bits per heavy atom. The molecule has 8 heteroatoms. The van der Waals surface area contributed by atoms with E-state index < -0.39 is 34.9 Å². The number of ether oxygens (including phenoxy) is 1. The number of nitrogen functional groups attached to an aromatic ring is 1. The summed E-state index contributed by atoms with van der Waals surface area (Å²) < 4.78 is 58.3. The molecule has 1 aliphatic carbocycles. The number of halogens is 4. The predicted octanol–water partition coefficient (Wildman–Crippen LogP) is 5.71. The minimum atomic E-state index is -4.72. The predicted molar refractivity (Wildman–Crippen MR) is 120 cm³/mol. The van der Waals surface area contributed by atoms with Crippen LogP contribution >= 0.6 is 0 Å². The number of fused-ring (bicyclic) bond motifs is 3. The maximum Gasteiger partial charge on any atom is 0.417 e. The third-order valence-corrected chi connectivity index (χ3v) is 5.53. The van der Waals surface area contributed by atoms with Crippen molar-refractivity contribution in [3.8, 4) is 23.0 Å². The van der Waals surface area contributed by atoms with E-state index in [2.05, 4.69) is 17.2 Å². The Morgan fingerprint density at radius 2 is 1.65 bits per heavy atom. The highest BCUT2D eigenvalue weighted by Gasteiger charge is 2.34. The lowest BCUT2D eigenvalue weighted by Crippen LogP contribution is -2.26. The zero-order valence-electron chi connectivity index (χ0n) is 17.9. The van der Waals surface area contributed by atoms with Crippen molar-refractivity contribution in [3.05, 3.63) is 88.7 Å². The van der Waals surface area contributed by atoms with E-state index in [1.54, 1.807) is 0 Å². The molecular weight excluding hydrogens is 448 g/mol. The van der Waals surface area contributed by atoms with Gasteiger partial charge in [-0.25, -0.2) is 9.18 Å². The van der Waals surface area contributed by atoms with Gasteiger partial charge >= 0.3 is 12.3 Å². The van der Waals surface area contributed by atoms with E-state index >= 15 is 0 Å². The van der Waals surface area contributed by atoms with E-state index in [0.717, 1.165) is 22.3 Å². The summed E-state index contributed by atoms with van der Waals surface area (Å²) >= 11 is 0. The number of benzene rings is 3. The van der Waals surface area contributed by atoms with Crippen molar-refractivity contribution in [3.63, 3.8) is 0 Å². The minimum absolute atomic E-state index is 0.0491. The van der Waals surface area contributed by atoms with Crippen LogP contribution in [0.4, 0.5) is 28.0 Å². The number of alkyl carbamates (subject to hydrolysis) is 1. The SMILES string of the molecule is Nc1cc(C(F)(F)F)c(C#CCCNC(=O)OCC2c3ccccc3-c3ccccc32)cc1F. The quantitative estimate of drug-likeness (QED) is 0.223. The second kappa shape index (κ2) is 9.48. The summed E-state index contributed by atoms with van der Waals surface area (Å²) in [5.74, 6) is 3.75. The first-order valence-corrected chi connectivity index (χ1v) is 10.5. The monoisotopic (exact) mass is 468 g/mol. The van der Waals surface area contributed by atoms with Crippen LogP contribution in [0.25, 0.3) is 11.1 Å². The van der Waals surface area contributed by atoms with Gasteiger partial charge in [0.1, 0.15) is 12.4 Å². The molecule has 4 rings (SSSR count). The molecule has 3 N–H and O–H groups in total. The lowest BCUT2D eigenvalue weighted by Gasteiger charge is -2.14. The van der Waals surface area contributed by atoms with E-state index in [0.29, 0.717) is 12.1 Å². The average molecular weight is 468 g/mol. The molecule has 34 heavy (non-hydrogen) atoms. The van der Waals surface area contributed by atoms with Crippen LogP contribution in [-0.2, 0) is 10.9 Å². The Balaban J connectivity index is 1.33. The van der Waals surface area contributed by atoms with Crippen molar-refractivity contribution >= 4 is 11.8 Å². The fourth-order valence-corrected chi connectivity index (χ4v) is 3.96. The Labute approximate surface area is 193 Å². The molecule has 1 amide bonds. The highest BCUT2D eigenvalue weighted by Crippen LogP contribution is 2.44. The number of carbonyl (C=O) groups excluding carboxylic acids is 1. The van der Waals surface area contributed by atoms with Gasteiger partial charge < -0.3 is 15.8 Å². The van der Waals surface area contributed by atoms with Crippen LogP contribution in [0.2, 0.25) is 0 Å². The van der Waals surface area contributed by atoms with Crippen LogP contribution in [0.1, 0.15) is 34.6 Å². The number of hydrogen-bond acceptors (Lipinski definition) is 3. The highest BCUT2D eigenvalue weighted by molar-refractivity contribution is 5.79. The fraction of sp³-hybridized carbons (Fsp3) is 0.192. The van der Waals surface area contributed by atoms with Crippen LogP contribution in [0.3, 0.4) is 0 Å². The van der Waals surface area contributed by atoms with Crippen LogP contribution in [0, 0.1) is 17.7 Å². The molecule has 0 bridgehead atoms. The molecule has 174 valence electrons. The summed E-state index contributed by atoms with van der Waals surface area (Å²) in [6.07, 6.45) is -5.32. The molecule has 0 radical (unpaired) electrons. The third-order valence-electron chi connectivity index (χ3n) is 5.53. The third kappa shape index (κ3) is 4.84. The number of hydrogen-bond donors (Lipinski definition) is 2. The molecule has 0 aromatic heterocycles. The summed E-state index contributed by atoms with van der Waals surface area (Å²) in [5.41, 5.74) is 7.40. The Kier molecular flexibility index (Phi) is 6.46. The van der Waals surface area contributed by atoms with Crippen molar-refractivity contribution in [2.45, 2.75) is 18.5 Å². The fourth-order valence-electron chi connectivity index (χ4n) is 3.96. The topological polar surface area (TPSA) is 64.3 Å². The van der Waals surface area contributed by atoms with Crippen LogP contribution < -0.4 is 11.1 Å². The normalized spacial score (nSPS) is 12.4. The average Bonchev–Trinajstić information content (AvgIpc) is 3.12. The molecule has 0 atom stereocenters. The van der Waals surface area contributed by atoms with Crippen molar-refractivity contribution in [2.24, 2.45) is 0 Å². The van der Waals surface area contributed by atoms with Gasteiger partial charge in [-0.1, -0.05) is 60.4 Å². The molecule has 0 heterocycles. The molecule has 1 aliphatic rings. The van der Waals surface area contributed by atoms with Crippen molar-refractivity contribution in [1.82, 2.24) is 5.32 Å². The minimum Gasteiger partial charge on any atom is -0.449 e.